The van der Waals surface area contributed by atoms with Crippen LogP contribution in [0.25, 0.3) is 0 Å². The molecule has 0 heterocycles. The van der Waals surface area contributed by atoms with E-state index in [1.807, 2.05) is 25.9 Å². The molecule has 0 rings (SSSR count). The minimum atomic E-state index is -0.332. The van der Waals surface area contributed by atoms with Crippen LogP contribution in [0.2, 0.25) is 0 Å². The van der Waals surface area contributed by atoms with Crippen LogP contribution in [0.5, 0.6) is 0 Å². The van der Waals surface area contributed by atoms with E-state index < -0.39 is 0 Å². The Kier molecular flexibility index (Phi) is 6.65. The van der Waals surface area contributed by atoms with Gasteiger partial charge in [0.1, 0.15) is 6.61 Å². The average molecular weight is 229 g/mol. The van der Waals surface area contributed by atoms with Crippen molar-refractivity contribution in [1.82, 2.24) is 4.90 Å². The quantitative estimate of drug-likeness (QED) is 0.628. The van der Waals surface area contributed by atoms with E-state index in [1.54, 1.807) is 0 Å². The molecule has 0 saturated carbocycles. The molecular formula is C13H27NO2. The first-order valence-corrected chi connectivity index (χ1v) is 6.16. The van der Waals surface area contributed by atoms with Gasteiger partial charge >= 0.3 is 5.97 Å². The molecule has 3 heteroatoms. The van der Waals surface area contributed by atoms with Gasteiger partial charge in [0.2, 0.25) is 0 Å². The van der Waals surface area contributed by atoms with E-state index in [4.69, 9.17) is 4.74 Å². The summed E-state index contributed by atoms with van der Waals surface area (Å²) in [5.74, 6) is 0.269. The van der Waals surface area contributed by atoms with Crippen molar-refractivity contribution in [2.75, 3.05) is 27.2 Å². The third-order valence-corrected chi connectivity index (χ3v) is 3.28. The highest BCUT2D eigenvalue weighted by atomic mass is 16.5. The SMILES string of the molecule is CCCC(C)(C(=O)OCCN(C)C)C(C)C. The Morgan fingerprint density at radius 2 is 1.94 bits per heavy atom. The molecule has 1 atom stereocenters. The van der Waals surface area contributed by atoms with Crippen LogP contribution in [0.15, 0.2) is 0 Å². The molecule has 3 nitrogen and oxygen atoms in total. The molecule has 0 aromatic rings. The van der Waals surface area contributed by atoms with Gasteiger partial charge in [-0.2, -0.15) is 0 Å². The molecule has 0 aromatic carbocycles. The molecule has 0 fully saturated rings. The number of likely N-dealkylation sites (N-methyl/N-ethyl adjacent to an activating group) is 1. The zero-order valence-corrected chi connectivity index (χ0v) is 11.7. The maximum absolute atomic E-state index is 12.0. The first-order valence-electron chi connectivity index (χ1n) is 6.16. The van der Waals surface area contributed by atoms with Crippen molar-refractivity contribution < 1.29 is 9.53 Å². The van der Waals surface area contributed by atoms with Gasteiger partial charge in [-0.15, -0.1) is 0 Å². The average Bonchev–Trinajstić information content (AvgIpc) is 2.16. The van der Waals surface area contributed by atoms with Crippen LogP contribution in [0, 0.1) is 11.3 Å². The molecule has 0 spiro atoms. The molecule has 0 aliphatic carbocycles. The number of carbonyl (C=O) groups excluding carboxylic acids is 1. The van der Waals surface area contributed by atoms with Gasteiger partial charge in [-0.3, -0.25) is 4.79 Å². The minimum absolute atomic E-state index is 0.0498. The Labute approximate surface area is 100 Å². The van der Waals surface area contributed by atoms with Crippen molar-refractivity contribution in [3.63, 3.8) is 0 Å². The lowest BCUT2D eigenvalue weighted by molar-refractivity contribution is -0.158. The van der Waals surface area contributed by atoms with Crippen molar-refractivity contribution in [1.29, 1.82) is 0 Å². The number of hydrogen-bond acceptors (Lipinski definition) is 3. The number of carbonyl (C=O) groups is 1. The zero-order chi connectivity index (χ0) is 12.8. The second-order valence-electron chi connectivity index (χ2n) is 5.26. The Morgan fingerprint density at radius 3 is 2.31 bits per heavy atom. The van der Waals surface area contributed by atoms with E-state index in [0.29, 0.717) is 12.5 Å². The third-order valence-electron chi connectivity index (χ3n) is 3.28. The fourth-order valence-electron chi connectivity index (χ4n) is 1.63. The Morgan fingerprint density at radius 1 is 1.38 bits per heavy atom. The summed E-state index contributed by atoms with van der Waals surface area (Å²) in [4.78, 5) is 14.1. The summed E-state index contributed by atoms with van der Waals surface area (Å²) in [6, 6.07) is 0. The lowest BCUT2D eigenvalue weighted by Crippen LogP contribution is -2.36. The van der Waals surface area contributed by atoms with E-state index >= 15 is 0 Å². The van der Waals surface area contributed by atoms with Gasteiger partial charge in [0.15, 0.2) is 0 Å². The molecule has 0 N–H and O–H groups in total. The van der Waals surface area contributed by atoms with Crippen molar-refractivity contribution in [3.05, 3.63) is 0 Å². The predicted octanol–water partition coefficient (Wildman–Crippen LogP) is 2.55. The highest BCUT2D eigenvalue weighted by molar-refractivity contribution is 5.76. The van der Waals surface area contributed by atoms with E-state index in [-0.39, 0.29) is 11.4 Å². The van der Waals surface area contributed by atoms with Crippen LogP contribution in [0.1, 0.15) is 40.5 Å². The number of hydrogen-bond donors (Lipinski definition) is 0. The van der Waals surface area contributed by atoms with Gasteiger partial charge in [0.05, 0.1) is 5.41 Å². The van der Waals surface area contributed by atoms with Crippen molar-refractivity contribution in [2.45, 2.75) is 40.5 Å². The molecule has 0 saturated heterocycles. The first-order chi connectivity index (χ1) is 7.34. The van der Waals surface area contributed by atoms with Crippen LogP contribution in [-0.2, 0) is 9.53 Å². The molecule has 0 radical (unpaired) electrons. The van der Waals surface area contributed by atoms with E-state index in [1.165, 1.54) is 0 Å². The van der Waals surface area contributed by atoms with Crippen molar-refractivity contribution in [2.24, 2.45) is 11.3 Å². The molecule has 0 aromatic heterocycles. The number of esters is 1. The predicted molar refractivity (Wildman–Crippen MR) is 67.4 cm³/mol. The molecule has 16 heavy (non-hydrogen) atoms. The largest absolute Gasteiger partial charge is 0.464 e. The van der Waals surface area contributed by atoms with Gasteiger partial charge in [-0.1, -0.05) is 27.2 Å². The van der Waals surface area contributed by atoms with Crippen molar-refractivity contribution in [3.8, 4) is 0 Å². The molecular weight excluding hydrogens is 202 g/mol. The van der Waals surface area contributed by atoms with E-state index in [2.05, 4.69) is 20.8 Å². The summed E-state index contributed by atoms with van der Waals surface area (Å²) in [6.45, 7) is 9.56. The Hall–Kier alpha value is -0.570. The molecule has 1 unspecified atom stereocenters. The summed E-state index contributed by atoms with van der Waals surface area (Å²) in [5, 5.41) is 0. The highest BCUT2D eigenvalue weighted by Crippen LogP contribution is 2.33. The number of rotatable bonds is 7. The van der Waals surface area contributed by atoms with Gasteiger partial charge < -0.3 is 9.64 Å². The number of ether oxygens (including phenoxy) is 1. The van der Waals surface area contributed by atoms with Crippen molar-refractivity contribution >= 4 is 5.97 Å². The lowest BCUT2D eigenvalue weighted by Gasteiger charge is -2.31. The maximum Gasteiger partial charge on any atom is 0.312 e. The topological polar surface area (TPSA) is 29.5 Å². The summed E-state index contributed by atoms with van der Waals surface area (Å²) in [6.07, 6.45) is 1.91. The monoisotopic (exact) mass is 229 g/mol. The van der Waals surface area contributed by atoms with E-state index in [0.717, 1.165) is 19.4 Å². The van der Waals surface area contributed by atoms with Crippen LogP contribution >= 0.6 is 0 Å². The van der Waals surface area contributed by atoms with Crippen LogP contribution in [0.3, 0.4) is 0 Å². The minimum Gasteiger partial charge on any atom is -0.464 e. The van der Waals surface area contributed by atoms with E-state index in [9.17, 15) is 4.79 Å². The molecule has 96 valence electrons. The normalized spacial score (nSPS) is 15.2. The third kappa shape index (κ3) is 4.52. The fourth-order valence-corrected chi connectivity index (χ4v) is 1.63. The maximum atomic E-state index is 12.0. The summed E-state index contributed by atoms with van der Waals surface area (Å²) in [5.41, 5.74) is -0.332. The standard InChI is InChI=1S/C13H27NO2/c1-7-8-13(4,11(2)3)12(15)16-10-9-14(5)6/h11H,7-10H2,1-6H3. The second kappa shape index (κ2) is 6.89. The lowest BCUT2D eigenvalue weighted by atomic mass is 9.75. The summed E-state index contributed by atoms with van der Waals surface area (Å²) >= 11 is 0. The van der Waals surface area contributed by atoms with Gasteiger partial charge in [-0.25, -0.2) is 0 Å². The molecule has 0 bridgehead atoms. The molecule has 0 amide bonds. The zero-order valence-electron chi connectivity index (χ0n) is 11.7. The summed E-state index contributed by atoms with van der Waals surface area (Å²) < 4.78 is 5.35. The Bertz CT molecular complexity index is 214. The fraction of sp³-hybridized carbons (Fsp3) is 0.923. The van der Waals surface area contributed by atoms with Crippen LogP contribution in [-0.4, -0.2) is 38.1 Å². The smallest absolute Gasteiger partial charge is 0.312 e. The summed E-state index contributed by atoms with van der Waals surface area (Å²) in [7, 11) is 3.95. The van der Waals surface area contributed by atoms with Gasteiger partial charge in [0.25, 0.3) is 0 Å². The first kappa shape index (κ1) is 15.4. The Balaban J connectivity index is 4.29. The molecule has 0 aliphatic rings. The van der Waals surface area contributed by atoms with Crippen LogP contribution in [0.4, 0.5) is 0 Å². The number of nitrogens with zero attached hydrogens (tertiary/aromatic N) is 1. The molecule has 0 aliphatic heterocycles. The second-order valence-corrected chi connectivity index (χ2v) is 5.26. The van der Waals surface area contributed by atoms with Gasteiger partial charge in [-0.05, 0) is 33.4 Å². The van der Waals surface area contributed by atoms with Crippen LogP contribution < -0.4 is 0 Å². The highest BCUT2D eigenvalue weighted by Gasteiger charge is 2.37. The van der Waals surface area contributed by atoms with Gasteiger partial charge in [0, 0.05) is 6.54 Å².